The number of imidazole rings is 1. The lowest BCUT2D eigenvalue weighted by Crippen LogP contribution is -2.19. The topological polar surface area (TPSA) is 49.0 Å². The highest BCUT2D eigenvalue weighted by atomic mass is 16.5. The Morgan fingerprint density at radius 3 is 2.58 bits per heavy atom. The minimum atomic E-state index is -0.0918. The summed E-state index contributed by atoms with van der Waals surface area (Å²) >= 11 is 0. The Labute approximate surface area is 150 Å². The third kappa shape index (κ3) is 2.91. The van der Waals surface area contributed by atoms with Gasteiger partial charge in [0.15, 0.2) is 0 Å². The van der Waals surface area contributed by atoms with Crippen molar-refractivity contribution in [3.05, 3.63) is 95.3 Å². The number of rotatable bonds is 4. The molecule has 5 heteroatoms. The molecule has 0 aliphatic rings. The van der Waals surface area contributed by atoms with E-state index in [1.165, 1.54) is 0 Å². The molecule has 4 rings (SSSR count). The molecule has 0 atom stereocenters. The smallest absolute Gasteiger partial charge is 0.255 e. The van der Waals surface area contributed by atoms with Crippen LogP contribution >= 0.6 is 0 Å². The predicted octanol–water partition coefficient (Wildman–Crippen LogP) is 3.71. The van der Waals surface area contributed by atoms with Crippen molar-refractivity contribution in [1.82, 2.24) is 14.1 Å². The van der Waals surface area contributed by atoms with Gasteiger partial charge in [-0.05, 0) is 41.8 Å². The van der Waals surface area contributed by atoms with Crippen molar-refractivity contribution >= 4 is 22.8 Å². The number of hydrogen-bond acceptors (Lipinski definition) is 3. The molecule has 26 heavy (non-hydrogen) atoms. The number of methoxy groups -OCH3 is 1. The molecule has 0 bridgehead atoms. The Bertz CT molecular complexity index is 1120. The molecule has 0 spiro atoms. The van der Waals surface area contributed by atoms with E-state index in [1.54, 1.807) is 30.3 Å². The second kappa shape index (κ2) is 6.72. The first-order chi connectivity index (χ1) is 12.8. The molecule has 0 fully saturated rings. The highest BCUT2D eigenvalue weighted by Crippen LogP contribution is 2.24. The van der Waals surface area contributed by atoms with Crippen LogP contribution in [-0.2, 0) is 0 Å². The summed E-state index contributed by atoms with van der Waals surface area (Å²) in [6.07, 6.45) is 7.12. The number of aromatic nitrogens is 3. The number of pyridine rings is 1. The van der Waals surface area contributed by atoms with Crippen molar-refractivity contribution in [2.75, 3.05) is 7.11 Å². The third-order valence-corrected chi connectivity index (χ3v) is 4.23. The molecule has 4 aromatic rings. The van der Waals surface area contributed by atoms with E-state index >= 15 is 0 Å². The summed E-state index contributed by atoms with van der Waals surface area (Å²) in [5.41, 5.74) is 2.42. The fourth-order valence-corrected chi connectivity index (χ4v) is 2.95. The van der Waals surface area contributed by atoms with Crippen molar-refractivity contribution in [2.45, 2.75) is 0 Å². The normalized spacial score (nSPS) is 11.7. The van der Waals surface area contributed by atoms with Crippen LogP contribution in [0.5, 0.6) is 5.75 Å². The van der Waals surface area contributed by atoms with Gasteiger partial charge in [-0.1, -0.05) is 18.2 Å². The van der Waals surface area contributed by atoms with E-state index < -0.39 is 0 Å². The van der Waals surface area contributed by atoms with Gasteiger partial charge >= 0.3 is 0 Å². The number of nitrogens with zero attached hydrogens (tertiary/aromatic N) is 3. The number of ether oxygens (including phenoxy) is 1. The maximum atomic E-state index is 12.8. The van der Waals surface area contributed by atoms with Gasteiger partial charge in [-0.2, -0.15) is 0 Å². The van der Waals surface area contributed by atoms with Crippen LogP contribution in [-0.4, -0.2) is 21.2 Å². The van der Waals surface area contributed by atoms with Gasteiger partial charge in [0.1, 0.15) is 5.75 Å². The van der Waals surface area contributed by atoms with Gasteiger partial charge in [0.05, 0.1) is 24.7 Å². The van der Waals surface area contributed by atoms with Crippen LogP contribution in [0.1, 0.15) is 5.56 Å². The van der Waals surface area contributed by atoms with E-state index in [4.69, 9.17) is 4.74 Å². The standard InChI is InChI=1S/C21H17N3O2/c1-26-18-9-6-17(7-10-18)20(14-23-13-12-22-15-23)24-19-5-3-2-4-16(19)8-11-21(24)25/h2-15H,1H3. The SMILES string of the molecule is COc1ccc(C(=Cn2ccnc2)n2c(=O)ccc3ccccc32)cc1. The Hall–Kier alpha value is -3.60. The molecule has 0 aliphatic carbocycles. The third-order valence-electron chi connectivity index (χ3n) is 4.23. The van der Waals surface area contributed by atoms with Crippen molar-refractivity contribution in [1.29, 1.82) is 0 Å². The van der Waals surface area contributed by atoms with Crippen LogP contribution in [0.15, 0.2) is 84.2 Å². The predicted molar refractivity (Wildman–Crippen MR) is 103 cm³/mol. The van der Waals surface area contributed by atoms with Crippen LogP contribution in [0, 0.1) is 0 Å². The van der Waals surface area contributed by atoms with Crippen LogP contribution < -0.4 is 10.3 Å². The zero-order chi connectivity index (χ0) is 17.9. The van der Waals surface area contributed by atoms with Gasteiger partial charge in [0.25, 0.3) is 5.56 Å². The first kappa shape index (κ1) is 15.9. The van der Waals surface area contributed by atoms with E-state index in [2.05, 4.69) is 4.98 Å². The minimum Gasteiger partial charge on any atom is -0.497 e. The van der Waals surface area contributed by atoms with E-state index in [0.29, 0.717) is 0 Å². The largest absolute Gasteiger partial charge is 0.497 e. The first-order valence-corrected chi connectivity index (χ1v) is 8.21. The van der Waals surface area contributed by atoms with E-state index in [1.807, 2.05) is 71.6 Å². The lowest BCUT2D eigenvalue weighted by atomic mass is 10.1. The zero-order valence-electron chi connectivity index (χ0n) is 14.2. The fourth-order valence-electron chi connectivity index (χ4n) is 2.95. The monoisotopic (exact) mass is 343 g/mol. The number of benzene rings is 2. The van der Waals surface area contributed by atoms with E-state index in [-0.39, 0.29) is 5.56 Å². The second-order valence-electron chi connectivity index (χ2n) is 5.82. The van der Waals surface area contributed by atoms with E-state index in [0.717, 1.165) is 27.9 Å². The fraction of sp³-hybridized carbons (Fsp3) is 0.0476. The van der Waals surface area contributed by atoms with Gasteiger partial charge in [-0.3, -0.25) is 9.36 Å². The van der Waals surface area contributed by atoms with Crippen LogP contribution in [0.2, 0.25) is 0 Å². The summed E-state index contributed by atoms with van der Waals surface area (Å²) in [6.45, 7) is 0. The Morgan fingerprint density at radius 1 is 1.04 bits per heavy atom. The van der Waals surface area contributed by atoms with Crippen molar-refractivity contribution in [2.24, 2.45) is 0 Å². The van der Waals surface area contributed by atoms with Crippen molar-refractivity contribution < 1.29 is 4.74 Å². The Balaban J connectivity index is 2.00. The molecule has 2 heterocycles. The van der Waals surface area contributed by atoms with Crippen molar-refractivity contribution in [3.63, 3.8) is 0 Å². The second-order valence-corrected chi connectivity index (χ2v) is 5.82. The Morgan fingerprint density at radius 2 is 1.85 bits per heavy atom. The highest BCUT2D eigenvalue weighted by Gasteiger charge is 2.11. The van der Waals surface area contributed by atoms with Gasteiger partial charge in [-0.25, -0.2) is 4.98 Å². The quantitative estimate of drug-likeness (QED) is 0.567. The lowest BCUT2D eigenvalue weighted by Gasteiger charge is -2.15. The summed E-state index contributed by atoms with van der Waals surface area (Å²) in [5.74, 6) is 0.765. The number of hydrogen-bond donors (Lipinski definition) is 0. The molecule has 128 valence electrons. The molecule has 0 saturated heterocycles. The van der Waals surface area contributed by atoms with Gasteiger partial charge < -0.3 is 9.30 Å². The van der Waals surface area contributed by atoms with Crippen LogP contribution in [0.3, 0.4) is 0 Å². The summed E-state index contributed by atoms with van der Waals surface area (Å²) < 4.78 is 8.80. The molecule has 2 aromatic carbocycles. The molecular formula is C21H17N3O2. The van der Waals surface area contributed by atoms with Crippen LogP contribution in [0.4, 0.5) is 0 Å². The lowest BCUT2D eigenvalue weighted by molar-refractivity contribution is 0.415. The molecular weight excluding hydrogens is 326 g/mol. The molecule has 0 amide bonds. The van der Waals surface area contributed by atoms with Crippen molar-refractivity contribution in [3.8, 4) is 5.75 Å². The summed E-state index contributed by atoms with van der Waals surface area (Å²) in [7, 11) is 1.63. The molecule has 2 aromatic heterocycles. The maximum absolute atomic E-state index is 12.8. The maximum Gasteiger partial charge on any atom is 0.255 e. The van der Waals surface area contributed by atoms with Gasteiger partial charge in [0.2, 0.25) is 0 Å². The van der Waals surface area contributed by atoms with E-state index in [9.17, 15) is 4.79 Å². The van der Waals surface area contributed by atoms with Gasteiger partial charge in [-0.15, -0.1) is 0 Å². The zero-order valence-corrected chi connectivity index (χ0v) is 14.2. The number of para-hydroxylation sites is 1. The number of fused-ring (bicyclic) bond motifs is 1. The molecule has 0 aliphatic heterocycles. The Kier molecular flexibility index (Phi) is 4.11. The average molecular weight is 343 g/mol. The summed E-state index contributed by atoms with van der Waals surface area (Å²) in [4.78, 5) is 16.9. The summed E-state index contributed by atoms with van der Waals surface area (Å²) in [6, 6.07) is 18.9. The highest BCUT2D eigenvalue weighted by molar-refractivity contribution is 5.87. The average Bonchev–Trinajstić information content (AvgIpc) is 3.20. The molecule has 0 radical (unpaired) electrons. The van der Waals surface area contributed by atoms with Gasteiger partial charge in [0, 0.05) is 30.2 Å². The molecule has 0 N–H and O–H groups in total. The molecule has 0 unspecified atom stereocenters. The minimum absolute atomic E-state index is 0.0918. The summed E-state index contributed by atoms with van der Waals surface area (Å²) in [5, 5.41) is 0.997. The first-order valence-electron chi connectivity index (χ1n) is 8.21. The molecule has 0 saturated carbocycles. The molecule has 5 nitrogen and oxygen atoms in total. The van der Waals surface area contributed by atoms with Crippen LogP contribution in [0.25, 0.3) is 22.8 Å².